The van der Waals surface area contributed by atoms with Crippen LogP contribution in [0.5, 0.6) is 0 Å². The van der Waals surface area contributed by atoms with Crippen LogP contribution in [0.4, 0.5) is 5.69 Å². The molecule has 144 valence electrons. The first-order chi connectivity index (χ1) is 13.3. The number of amides is 2. The van der Waals surface area contributed by atoms with Crippen molar-refractivity contribution < 1.29 is 9.59 Å². The molecule has 28 heavy (non-hydrogen) atoms. The molecule has 0 bridgehead atoms. The smallest absolute Gasteiger partial charge is 0.274 e. The number of carbonyl (C=O) groups is 2. The van der Waals surface area contributed by atoms with Gasteiger partial charge in [0, 0.05) is 24.3 Å². The molecule has 10 heteroatoms. The Morgan fingerprint density at radius 2 is 1.93 bits per heavy atom. The van der Waals surface area contributed by atoms with Crippen molar-refractivity contribution in [1.82, 2.24) is 20.1 Å². The molecule has 0 fully saturated rings. The lowest BCUT2D eigenvalue weighted by molar-refractivity contribution is 0.0964. The minimum Gasteiger partial charge on any atom is -0.355 e. The van der Waals surface area contributed by atoms with Gasteiger partial charge in [-0.2, -0.15) is 5.10 Å². The lowest BCUT2D eigenvalue weighted by Crippen LogP contribution is -2.23. The largest absolute Gasteiger partial charge is 0.355 e. The Kier molecular flexibility index (Phi) is 6.21. The highest BCUT2D eigenvalue weighted by Gasteiger charge is 2.22. The molecule has 0 aliphatic carbocycles. The summed E-state index contributed by atoms with van der Waals surface area (Å²) in [5, 5.41) is 10.4. The SMILES string of the molecule is CNC(=O)c1cc(Cl)cc(C)c1NC(=O)c1cc(I)nn1-c1ncccc1Cl. The third-order valence-electron chi connectivity index (χ3n) is 3.86. The Hall–Kier alpha value is -2.17. The molecule has 2 amide bonds. The van der Waals surface area contributed by atoms with Crippen LogP contribution in [0, 0.1) is 10.6 Å². The van der Waals surface area contributed by atoms with Gasteiger partial charge in [-0.15, -0.1) is 0 Å². The van der Waals surface area contributed by atoms with E-state index in [2.05, 4.69) is 20.7 Å². The van der Waals surface area contributed by atoms with Crippen LogP contribution in [-0.4, -0.2) is 33.6 Å². The molecule has 0 aliphatic heterocycles. The Labute approximate surface area is 184 Å². The first-order valence-electron chi connectivity index (χ1n) is 8.02. The minimum atomic E-state index is -0.465. The van der Waals surface area contributed by atoms with Crippen LogP contribution in [-0.2, 0) is 0 Å². The minimum absolute atomic E-state index is 0.224. The zero-order chi connectivity index (χ0) is 20.4. The molecule has 3 aromatic rings. The van der Waals surface area contributed by atoms with Crippen molar-refractivity contribution in [2.75, 3.05) is 12.4 Å². The highest BCUT2D eigenvalue weighted by atomic mass is 127. The van der Waals surface area contributed by atoms with Gasteiger partial charge in [-0.25, -0.2) is 9.67 Å². The van der Waals surface area contributed by atoms with Crippen molar-refractivity contribution in [2.45, 2.75) is 6.92 Å². The van der Waals surface area contributed by atoms with Crippen LogP contribution in [0.3, 0.4) is 0 Å². The van der Waals surface area contributed by atoms with Gasteiger partial charge in [-0.05, 0) is 59.3 Å². The van der Waals surface area contributed by atoms with Crippen molar-refractivity contribution in [3.05, 3.63) is 67.1 Å². The molecule has 0 unspecified atom stereocenters. The molecule has 0 aliphatic rings. The fraction of sp³-hybridized carbons (Fsp3) is 0.111. The lowest BCUT2D eigenvalue weighted by atomic mass is 10.1. The Bertz CT molecular complexity index is 1080. The van der Waals surface area contributed by atoms with Gasteiger partial charge in [-0.3, -0.25) is 9.59 Å². The highest BCUT2D eigenvalue weighted by molar-refractivity contribution is 14.1. The second-order valence-electron chi connectivity index (χ2n) is 5.75. The topological polar surface area (TPSA) is 88.9 Å². The zero-order valence-corrected chi connectivity index (χ0v) is 18.4. The van der Waals surface area contributed by atoms with Crippen molar-refractivity contribution in [3.63, 3.8) is 0 Å². The average Bonchev–Trinajstić information content (AvgIpc) is 3.05. The summed E-state index contributed by atoms with van der Waals surface area (Å²) >= 11 is 14.3. The maximum Gasteiger partial charge on any atom is 0.274 e. The van der Waals surface area contributed by atoms with E-state index in [1.54, 1.807) is 37.4 Å². The van der Waals surface area contributed by atoms with Gasteiger partial charge in [0.1, 0.15) is 9.39 Å². The summed E-state index contributed by atoms with van der Waals surface area (Å²) in [7, 11) is 1.50. The number of aryl methyl sites for hydroxylation is 1. The van der Waals surface area contributed by atoms with Gasteiger partial charge in [0.05, 0.1) is 16.3 Å². The third kappa shape index (κ3) is 4.13. The predicted octanol–water partition coefficient (Wildman–Crippen LogP) is 4.10. The highest BCUT2D eigenvalue weighted by Crippen LogP contribution is 2.27. The van der Waals surface area contributed by atoms with E-state index in [4.69, 9.17) is 23.2 Å². The Morgan fingerprint density at radius 1 is 1.18 bits per heavy atom. The molecule has 0 saturated carbocycles. The molecular weight excluding hydrogens is 516 g/mol. The number of pyridine rings is 1. The average molecular weight is 530 g/mol. The Morgan fingerprint density at radius 3 is 2.61 bits per heavy atom. The molecule has 0 saturated heterocycles. The molecule has 1 aromatic carbocycles. The maximum absolute atomic E-state index is 13.0. The first kappa shape index (κ1) is 20.6. The molecule has 0 atom stereocenters. The van der Waals surface area contributed by atoms with Crippen LogP contribution in [0.25, 0.3) is 5.82 Å². The van der Waals surface area contributed by atoms with Gasteiger partial charge >= 0.3 is 0 Å². The van der Waals surface area contributed by atoms with Crippen molar-refractivity contribution >= 4 is 63.3 Å². The van der Waals surface area contributed by atoms with Crippen LogP contribution < -0.4 is 10.6 Å². The number of hydrogen-bond donors (Lipinski definition) is 2. The maximum atomic E-state index is 13.0. The number of carbonyl (C=O) groups excluding carboxylic acids is 2. The second-order valence-corrected chi connectivity index (χ2v) is 7.70. The summed E-state index contributed by atoms with van der Waals surface area (Å²) in [6.45, 7) is 1.75. The first-order valence-corrected chi connectivity index (χ1v) is 9.85. The van der Waals surface area contributed by atoms with Gasteiger partial charge in [0.25, 0.3) is 11.8 Å². The number of nitrogens with one attached hydrogen (secondary N) is 2. The number of hydrogen-bond acceptors (Lipinski definition) is 4. The predicted molar refractivity (Wildman–Crippen MR) is 117 cm³/mol. The van der Waals surface area contributed by atoms with E-state index >= 15 is 0 Å². The number of nitrogens with zero attached hydrogens (tertiary/aromatic N) is 3. The van der Waals surface area contributed by atoms with E-state index in [9.17, 15) is 9.59 Å². The monoisotopic (exact) mass is 529 g/mol. The van der Waals surface area contributed by atoms with Gasteiger partial charge in [0.2, 0.25) is 0 Å². The summed E-state index contributed by atoms with van der Waals surface area (Å²) < 4.78 is 1.95. The zero-order valence-electron chi connectivity index (χ0n) is 14.8. The van der Waals surface area contributed by atoms with Crippen LogP contribution in [0.1, 0.15) is 26.4 Å². The fourth-order valence-corrected chi connectivity index (χ4v) is 3.59. The normalized spacial score (nSPS) is 10.6. The van der Waals surface area contributed by atoms with E-state index < -0.39 is 5.91 Å². The number of anilines is 1. The number of halogens is 3. The number of aromatic nitrogens is 3. The van der Waals surface area contributed by atoms with Gasteiger partial charge in [0.15, 0.2) is 5.82 Å². The Balaban J connectivity index is 2.05. The number of rotatable bonds is 4. The molecule has 3 rings (SSSR count). The number of benzene rings is 1. The van der Waals surface area contributed by atoms with Crippen molar-refractivity contribution in [3.8, 4) is 5.82 Å². The van der Waals surface area contributed by atoms with E-state index in [0.717, 1.165) is 0 Å². The summed E-state index contributed by atoms with van der Waals surface area (Å²) in [4.78, 5) is 29.5. The van der Waals surface area contributed by atoms with Crippen LogP contribution in [0.2, 0.25) is 10.0 Å². The van der Waals surface area contributed by atoms with Crippen molar-refractivity contribution in [1.29, 1.82) is 0 Å². The molecule has 2 heterocycles. The standard InChI is InChI=1S/C18H14Cl2IN5O2/c1-9-6-10(19)7-11(17(27)22-2)15(9)24-18(28)13-8-14(21)25-26(13)16-12(20)4-3-5-23-16/h3-8H,1-2H3,(H,22,27)(H,24,28). The molecule has 0 spiro atoms. The van der Waals surface area contributed by atoms with E-state index in [0.29, 0.717) is 30.8 Å². The van der Waals surface area contributed by atoms with E-state index in [1.165, 1.54) is 17.8 Å². The quantitative estimate of drug-likeness (QED) is 0.498. The molecule has 7 nitrogen and oxygen atoms in total. The summed E-state index contributed by atoms with van der Waals surface area (Å²) in [5.74, 6) is -0.499. The molecule has 2 N–H and O–H groups in total. The van der Waals surface area contributed by atoms with Crippen LogP contribution in [0.15, 0.2) is 36.5 Å². The molecular formula is C18H14Cl2IN5O2. The third-order valence-corrected chi connectivity index (χ3v) is 4.90. The van der Waals surface area contributed by atoms with E-state index in [1.807, 2.05) is 22.6 Å². The summed E-state index contributed by atoms with van der Waals surface area (Å²) in [6, 6.07) is 8.12. The second kappa shape index (κ2) is 8.46. The van der Waals surface area contributed by atoms with Crippen molar-refractivity contribution in [2.24, 2.45) is 0 Å². The van der Waals surface area contributed by atoms with E-state index in [-0.39, 0.29) is 17.2 Å². The van der Waals surface area contributed by atoms with Gasteiger partial charge < -0.3 is 10.6 Å². The summed E-state index contributed by atoms with van der Waals surface area (Å²) in [5.41, 5.74) is 1.50. The molecule has 2 aromatic heterocycles. The van der Waals surface area contributed by atoms with Crippen LogP contribution >= 0.6 is 45.8 Å². The fourth-order valence-electron chi connectivity index (χ4n) is 2.61. The molecule has 0 radical (unpaired) electrons. The lowest BCUT2D eigenvalue weighted by Gasteiger charge is -2.14. The summed E-state index contributed by atoms with van der Waals surface area (Å²) in [6.07, 6.45) is 1.56. The van der Waals surface area contributed by atoms with Gasteiger partial charge in [-0.1, -0.05) is 23.2 Å².